The third kappa shape index (κ3) is 5.35. The molecule has 104 valence electrons. The van der Waals surface area contributed by atoms with E-state index in [1.165, 1.54) is 0 Å². The van der Waals surface area contributed by atoms with Crippen molar-refractivity contribution < 1.29 is 14.7 Å². The lowest BCUT2D eigenvalue weighted by Crippen LogP contribution is -2.46. The van der Waals surface area contributed by atoms with Gasteiger partial charge in [0.2, 0.25) is 0 Å². The summed E-state index contributed by atoms with van der Waals surface area (Å²) in [5.41, 5.74) is 0.149. The molecule has 6 heteroatoms. The number of hydrogen-bond acceptors (Lipinski definition) is 3. The minimum absolute atomic E-state index is 0.0461. The lowest BCUT2D eigenvalue weighted by molar-refractivity contribution is -0.136. The van der Waals surface area contributed by atoms with Crippen LogP contribution in [0.25, 0.3) is 0 Å². The zero-order valence-corrected chi connectivity index (χ0v) is 11.2. The summed E-state index contributed by atoms with van der Waals surface area (Å²) in [6.45, 7) is 5.09. The first-order chi connectivity index (χ1) is 8.41. The highest BCUT2D eigenvalue weighted by Gasteiger charge is 2.28. The van der Waals surface area contributed by atoms with E-state index in [9.17, 15) is 9.59 Å². The van der Waals surface area contributed by atoms with Crippen LogP contribution in [-0.2, 0) is 4.79 Å². The van der Waals surface area contributed by atoms with E-state index < -0.39 is 5.97 Å². The van der Waals surface area contributed by atoms with Crippen LogP contribution >= 0.6 is 0 Å². The molecule has 1 heterocycles. The van der Waals surface area contributed by atoms with Crippen molar-refractivity contribution in [3.63, 3.8) is 0 Å². The monoisotopic (exact) mass is 257 g/mol. The summed E-state index contributed by atoms with van der Waals surface area (Å²) >= 11 is 0. The fourth-order valence-corrected chi connectivity index (χ4v) is 1.97. The largest absolute Gasteiger partial charge is 0.481 e. The van der Waals surface area contributed by atoms with Gasteiger partial charge < -0.3 is 20.6 Å². The SMILES string of the molecule is CN1CCC(C)(CNC(=O)NCCC(=O)O)CC1. The van der Waals surface area contributed by atoms with Gasteiger partial charge in [0.25, 0.3) is 0 Å². The number of hydrogen-bond donors (Lipinski definition) is 3. The summed E-state index contributed by atoms with van der Waals surface area (Å²) in [5, 5.41) is 13.8. The van der Waals surface area contributed by atoms with E-state index in [2.05, 4.69) is 29.5 Å². The Morgan fingerprint density at radius 2 is 1.89 bits per heavy atom. The van der Waals surface area contributed by atoms with Crippen molar-refractivity contribution in [1.82, 2.24) is 15.5 Å². The molecule has 6 nitrogen and oxygen atoms in total. The van der Waals surface area contributed by atoms with Crippen LogP contribution in [0.5, 0.6) is 0 Å². The maximum Gasteiger partial charge on any atom is 0.314 e. The van der Waals surface area contributed by atoms with Gasteiger partial charge in [0.05, 0.1) is 6.42 Å². The van der Waals surface area contributed by atoms with Gasteiger partial charge >= 0.3 is 12.0 Å². The van der Waals surface area contributed by atoms with Gasteiger partial charge in [-0.15, -0.1) is 0 Å². The van der Waals surface area contributed by atoms with Crippen molar-refractivity contribution in [3.05, 3.63) is 0 Å². The topological polar surface area (TPSA) is 81.7 Å². The summed E-state index contributed by atoms with van der Waals surface area (Å²) in [5.74, 6) is -0.905. The highest BCUT2D eigenvalue weighted by Crippen LogP contribution is 2.29. The number of nitrogens with zero attached hydrogens (tertiary/aromatic N) is 1. The van der Waals surface area contributed by atoms with E-state index >= 15 is 0 Å². The molecule has 0 aromatic carbocycles. The molecule has 1 aliphatic heterocycles. The number of urea groups is 1. The van der Waals surface area contributed by atoms with Crippen molar-refractivity contribution >= 4 is 12.0 Å². The molecule has 0 aliphatic carbocycles. The van der Waals surface area contributed by atoms with Crippen molar-refractivity contribution in [3.8, 4) is 0 Å². The van der Waals surface area contributed by atoms with Crippen LogP contribution in [0, 0.1) is 5.41 Å². The first-order valence-corrected chi connectivity index (χ1v) is 6.33. The highest BCUT2D eigenvalue weighted by atomic mass is 16.4. The number of nitrogens with one attached hydrogen (secondary N) is 2. The average Bonchev–Trinajstić information content (AvgIpc) is 2.31. The van der Waals surface area contributed by atoms with E-state index in [1.807, 2.05) is 0 Å². The number of aliphatic carboxylic acids is 1. The molecule has 0 atom stereocenters. The molecule has 0 bridgehead atoms. The molecule has 0 spiro atoms. The van der Waals surface area contributed by atoms with E-state index in [4.69, 9.17) is 5.11 Å². The first-order valence-electron chi connectivity index (χ1n) is 6.33. The predicted molar refractivity (Wildman–Crippen MR) is 68.5 cm³/mol. The highest BCUT2D eigenvalue weighted by molar-refractivity contribution is 5.75. The molecule has 0 unspecified atom stereocenters. The normalized spacial score (nSPS) is 19.2. The van der Waals surface area contributed by atoms with Crippen LogP contribution in [0.1, 0.15) is 26.2 Å². The minimum atomic E-state index is -0.905. The number of likely N-dealkylation sites (tertiary alicyclic amines) is 1. The van der Waals surface area contributed by atoms with Crippen LogP contribution < -0.4 is 10.6 Å². The van der Waals surface area contributed by atoms with Crippen LogP contribution in [0.3, 0.4) is 0 Å². The molecule has 1 aliphatic rings. The molecular formula is C12H23N3O3. The molecule has 3 N–H and O–H groups in total. The molecule has 18 heavy (non-hydrogen) atoms. The number of carbonyl (C=O) groups is 2. The molecule has 0 aromatic rings. The zero-order valence-electron chi connectivity index (χ0n) is 11.2. The van der Waals surface area contributed by atoms with Crippen LogP contribution in [0.4, 0.5) is 4.79 Å². The smallest absolute Gasteiger partial charge is 0.314 e. The van der Waals surface area contributed by atoms with Crippen LogP contribution in [0.2, 0.25) is 0 Å². The number of carboxylic acid groups (broad SMARTS) is 1. The predicted octanol–water partition coefficient (Wildman–Crippen LogP) is 0.492. The molecule has 1 saturated heterocycles. The zero-order chi connectivity index (χ0) is 13.6. The van der Waals surface area contributed by atoms with Gasteiger partial charge in [0.1, 0.15) is 0 Å². The summed E-state index contributed by atoms with van der Waals surface area (Å²) in [6, 6.07) is -0.281. The van der Waals surface area contributed by atoms with E-state index in [-0.39, 0.29) is 24.4 Å². The van der Waals surface area contributed by atoms with Gasteiger partial charge in [-0.25, -0.2) is 4.79 Å². The lowest BCUT2D eigenvalue weighted by Gasteiger charge is -2.37. The molecule has 0 radical (unpaired) electrons. The van der Waals surface area contributed by atoms with E-state index in [0.29, 0.717) is 6.54 Å². The van der Waals surface area contributed by atoms with Gasteiger partial charge in [-0.05, 0) is 38.4 Å². The summed E-state index contributed by atoms with van der Waals surface area (Å²) in [6.07, 6.45) is 2.09. The van der Waals surface area contributed by atoms with Gasteiger partial charge in [-0.1, -0.05) is 6.92 Å². The van der Waals surface area contributed by atoms with Gasteiger partial charge in [-0.2, -0.15) is 0 Å². The van der Waals surface area contributed by atoms with Crippen LogP contribution in [-0.4, -0.2) is 55.2 Å². The van der Waals surface area contributed by atoms with Gasteiger partial charge in [0, 0.05) is 13.1 Å². The Labute approximate surface area is 108 Å². The summed E-state index contributed by atoms with van der Waals surface area (Å²) < 4.78 is 0. The molecule has 0 saturated carbocycles. The fourth-order valence-electron chi connectivity index (χ4n) is 1.97. The van der Waals surface area contributed by atoms with Crippen molar-refractivity contribution in [2.45, 2.75) is 26.2 Å². The number of piperidine rings is 1. The molecule has 1 fully saturated rings. The Kier molecular flexibility index (Phi) is 5.40. The van der Waals surface area contributed by atoms with Crippen molar-refractivity contribution in [2.24, 2.45) is 5.41 Å². The maximum absolute atomic E-state index is 11.4. The Morgan fingerprint density at radius 1 is 1.28 bits per heavy atom. The molecule has 0 aromatic heterocycles. The number of rotatable bonds is 5. The Morgan fingerprint density at radius 3 is 2.44 bits per heavy atom. The van der Waals surface area contributed by atoms with Gasteiger partial charge in [0.15, 0.2) is 0 Å². The molecule has 1 rings (SSSR count). The standard InChI is InChI=1S/C12H23N3O3/c1-12(4-7-15(2)8-5-12)9-14-11(18)13-6-3-10(16)17/h3-9H2,1-2H3,(H,16,17)(H2,13,14,18). The van der Waals surface area contributed by atoms with E-state index in [1.54, 1.807) is 0 Å². The lowest BCUT2D eigenvalue weighted by atomic mass is 9.80. The number of amides is 2. The maximum atomic E-state index is 11.4. The Balaban J connectivity index is 2.19. The third-order valence-corrected chi connectivity index (χ3v) is 3.49. The Hall–Kier alpha value is -1.30. The number of carbonyl (C=O) groups excluding carboxylic acids is 1. The quantitative estimate of drug-likeness (QED) is 0.669. The molecular weight excluding hydrogens is 234 g/mol. The summed E-state index contributed by atoms with van der Waals surface area (Å²) in [7, 11) is 2.10. The molecule has 2 amide bonds. The van der Waals surface area contributed by atoms with E-state index in [0.717, 1.165) is 25.9 Å². The van der Waals surface area contributed by atoms with Crippen molar-refractivity contribution in [1.29, 1.82) is 0 Å². The second-order valence-electron chi connectivity index (χ2n) is 5.37. The Bertz CT molecular complexity index is 299. The van der Waals surface area contributed by atoms with Crippen molar-refractivity contribution in [2.75, 3.05) is 33.2 Å². The minimum Gasteiger partial charge on any atom is -0.481 e. The second-order valence-corrected chi connectivity index (χ2v) is 5.37. The first kappa shape index (κ1) is 14.8. The third-order valence-electron chi connectivity index (χ3n) is 3.49. The van der Waals surface area contributed by atoms with Crippen LogP contribution in [0.15, 0.2) is 0 Å². The summed E-state index contributed by atoms with van der Waals surface area (Å²) in [4.78, 5) is 24.0. The average molecular weight is 257 g/mol. The van der Waals surface area contributed by atoms with Gasteiger partial charge in [-0.3, -0.25) is 4.79 Å². The number of carboxylic acids is 1. The fraction of sp³-hybridized carbons (Fsp3) is 0.833. The second kappa shape index (κ2) is 6.58.